The lowest BCUT2D eigenvalue weighted by molar-refractivity contribution is -0.131. The summed E-state index contributed by atoms with van der Waals surface area (Å²) >= 11 is 0. The monoisotopic (exact) mass is 600 g/mol. The number of rotatable bonds is 5. The second-order valence-corrected chi connectivity index (χ2v) is 10.6. The van der Waals surface area contributed by atoms with Crippen LogP contribution in [0.3, 0.4) is 0 Å². The Morgan fingerprint density at radius 3 is 2.04 bits per heavy atom. The zero-order valence-corrected chi connectivity index (χ0v) is 24.7. The van der Waals surface area contributed by atoms with E-state index in [1.54, 1.807) is 32.8 Å². The first-order valence-corrected chi connectivity index (χ1v) is 14.6. The van der Waals surface area contributed by atoms with Gasteiger partial charge < -0.3 is 19.6 Å². The topological polar surface area (TPSA) is 93.6 Å². The third-order valence-corrected chi connectivity index (χ3v) is 7.92. The van der Waals surface area contributed by atoms with Crippen LogP contribution in [0.15, 0.2) is 115 Å². The van der Waals surface area contributed by atoms with Gasteiger partial charge >= 0.3 is 18.0 Å². The van der Waals surface area contributed by atoms with Crippen molar-refractivity contribution < 1.29 is 24.2 Å². The molecule has 4 aromatic rings. The van der Waals surface area contributed by atoms with Gasteiger partial charge in [0.2, 0.25) is 0 Å². The van der Waals surface area contributed by atoms with Crippen molar-refractivity contribution in [1.82, 2.24) is 9.80 Å². The van der Waals surface area contributed by atoms with Crippen molar-refractivity contribution >= 4 is 52.9 Å². The molecule has 1 fully saturated rings. The Hall–Kier alpha value is -5.83. The van der Waals surface area contributed by atoms with Crippen LogP contribution < -0.4 is 14.5 Å². The third-order valence-electron chi connectivity index (χ3n) is 7.92. The molecule has 9 nitrogen and oxygen atoms in total. The second kappa shape index (κ2) is 12.8. The summed E-state index contributed by atoms with van der Waals surface area (Å²) in [5.74, 6) is -0.613. The molecule has 0 aromatic heterocycles. The summed E-state index contributed by atoms with van der Waals surface area (Å²) in [6, 6.07) is 30.5. The van der Waals surface area contributed by atoms with Gasteiger partial charge in [0.05, 0.1) is 35.9 Å². The zero-order valence-electron chi connectivity index (χ0n) is 24.7. The number of hydrogen-bond acceptors (Lipinski definition) is 4. The molecule has 0 saturated carbocycles. The van der Waals surface area contributed by atoms with E-state index in [1.165, 1.54) is 6.08 Å². The Labute approximate surface area is 261 Å². The summed E-state index contributed by atoms with van der Waals surface area (Å²) in [6.45, 7) is 0.500. The fourth-order valence-electron chi connectivity index (χ4n) is 5.77. The van der Waals surface area contributed by atoms with E-state index >= 15 is 0 Å². The molecule has 45 heavy (non-hydrogen) atoms. The van der Waals surface area contributed by atoms with Gasteiger partial charge in [-0.05, 0) is 47.5 Å². The third kappa shape index (κ3) is 5.88. The van der Waals surface area contributed by atoms with Gasteiger partial charge in [-0.3, -0.25) is 9.80 Å². The smallest absolute Gasteiger partial charge is 0.329 e. The molecule has 1 atom stereocenters. The molecule has 2 heterocycles. The molecule has 0 aliphatic carbocycles. The summed E-state index contributed by atoms with van der Waals surface area (Å²) in [7, 11) is 1.55. The quantitative estimate of drug-likeness (QED) is 0.249. The molecule has 6 rings (SSSR count). The van der Waals surface area contributed by atoms with Gasteiger partial charge in [-0.25, -0.2) is 14.4 Å². The van der Waals surface area contributed by atoms with E-state index in [-0.39, 0.29) is 31.7 Å². The van der Waals surface area contributed by atoms with Crippen LogP contribution in [0.4, 0.5) is 32.3 Å². The molecule has 1 N–H and O–H groups in total. The van der Waals surface area contributed by atoms with Crippen molar-refractivity contribution in [2.75, 3.05) is 36.5 Å². The minimum atomic E-state index is -1.14. The Balaban J connectivity index is 1.36. The standard InChI is InChI=1S/C36H32N4O5/c1-45-33-18-10-9-17-32(33)39(28-13-3-2-4-14-28)35(43)37-23-24-38(29(25-37)21-22-34(41)42)36(44)40-30-15-7-5-11-26(30)19-20-27-12-6-8-16-31(27)40/h2-22,29H,23-25H2,1H3,(H,41,42)/b22-21+/t29-/m1/s1. The number of nitrogens with zero attached hydrogens (tertiary/aromatic N) is 4. The Morgan fingerprint density at radius 1 is 0.800 bits per heavy atom. The van der Waals surface area contributed by atoms with Crippen LogP contribution in [-0.4, -0.2) is 65.7 Å². The highest BCUT2D eigenvalue weighted by molar-refractivity contribution is 6.06. The normalized spacial score (nSPS) is 15.7. The number of hydrogen-bond donors (Lipinski definition) is 1. The van der Waals surface area contributed by atoms with Gasteiger partial charge in [-0.2, -0.15) is 0 Å². The number of fused-ring (bicyclic) bond motifs is 2. The number of amides is 4. The van der Waals surface area contributed by atoms with E-state index < -0.39 is 12.0 Å². The summed E-state index contributed by atoms with van der Waals surface area (Å²) < 4.78 is 5.60. The van der Waals surface area contributed by atoms with Crippen LogP contribution >= 0.6 is 0 Å². The predicted octanol–water partition coefficient (Wildman–Crippen LogP) is 7.02. The van der Waals surface area contributed by atoms with Crippen LogP contribution in [0.25, 0.3) is 12.2 Å². The second-order valence-electron chi connectivity index (χ2n) is 10.6. The van der Waals surface area contributed by atoms with E-state index in [0.717, 1.165) is 28.6 Å². The van der Waals surface area contributed by atoms with E-state index in [2.05, 4.69) is 0 Å². The average Bonchev–Trinajstić information content (AvgIpc) is 3.24. The highest BCUT2D eigenvalue weighted by atomic mass is 16.5. The van der Waals surface area contributed by atoms with Crippen molar-refractivity contribution in [3.63, 3.8) is 0 Å². The number of carbonyl (C=O) groups is 3. The Morgan fingerprint density at radius 2 is 1.40 bits per heavy atom. The molecule has 9 heteroatoms. The molecule has 2 aliphatic rings. The molecule has 0 radical (unpaired) electrons. The SMILES string of the molecule is COc1ccccc1N(C(=O)N1CCN(C(=O)N2c3ccccc3C=Cc3ccccc32)[C@H](/C=C/C(=O)O)C1)c1ccccc1. The molecule has 0 unspecified atom stereocenters. The number of piperazine rings is 1. The van der Waals surface area contributed by atoms with Gasteiger partial charge in [0, 0.05) is 25.7 Å². The van der Waals surface area contributed by atoms with Crippen molar-refractivity contribution in [2.45, 2.75) is 6.04 Å². The number of urea groups is 2. The molecular weight excluding hydrogens is 568 g/mol. The number of aliphatic carboxylic acids is 1. The van der Waals surface area contributed by atoms with Crippen molar-refractivity contribution in [1.29, 1.82) is 0 Å². The number of benzene rings is 4. The van der Waals surface area contributed by atoms with Gasteiger partial charge in [-0.15, -0.1) is 0 Å². The minimum absolute atomic E-state index is 0.0855. The summed E-state index contributed by atoms with van der Waals surface area (Å²) in [4.78, 5) is 47.1. The molecule has 2 aliphatic heterocycles. The van der Waals surface area contributed by atoms with E-state index in [1.807, 2.05) is 109 Å². The van der Waals surface area contributed by atoms with Crippen LogP contribution in [-0.2, 0) is 4.79 Å². The van der Waals surface area contributed by atoms with Crippen LogP contribution in [0.1, 0.15) is 11.1 Å². The van der Waals surface area contributed by atoms with E-state index in [0.29, 0.717) is 17.1 Å². The first-order chi connectivity index (χ1) is 22.0. The van der Waals surface area contributed by atoms with Gasteiger partial charge in [0.1, 0.15) is 5.75 Å². The first-order valence-electron chi connectivity index (χ1n) is 14.6. The van der Waals surface area contributed by atoms with Gasteiger partial charge in [-0.1, -0.05) is 85.0 Å². The number of para-hydroxylation sites is 5. The van der Waals surface area contributed by atoms with E-state index in [9.17, 15) is 19.5 Å². The molecule has 4 aromatic carbocycles. The van der Waals surface area contributed by atoms with Gasteiger partial charge in [0.25, 0.3) is 0 Å². The number of anilines is 4. The fourth-order valence-corrected chi connectivity index (χ4v) is 5.77. The maximum Gasteiger partial charge on any atom is 0.329 e. The van der Waals surface area contributed by atoms with Crippen LogP contribution in [0.5, 0.6) is 5.75 Å². The Bertz CT molecular complexity index is 1740. The fraction of sp³-hybridized carbons (Fsp3) is 0.139. The summed E-state index contributed by atoms with van der Waals surface area (Å²) in [5, 5.41) is 9.52. The van der Waals surface area contributed by atoms with Crippen LogP contribution in [0, 0.1) is 0 Å². The average molecular weight is 601 g/mol. The summed E-state index contributed by atoms with van der Waals surface area (Å²) in [6.07, 6.45) is 6.47. The maximum atomic E-state index is 14.5. The zero-order chi connectivity index (χ0) is 31.3. The Kier molecular flexibility index (Phi) is 8.32. The number of ether oxygens (including phenoxy) is 1. The van der Waals surface area contributed by atoms with Crippen molar-refractivity contribution in [3.05, 3.63) is 126 Å². The minimum Gasteiger partial charge on any atom is -0.495 e. The molecule has 4 amide bonds. The summed E-state index contributed by atoms with van der Waals surface area (Å²) in [5.41, 5.74) is 4.41. The molecule has 1 saturated heterocycles. The maximum absolute atomic E-state index is 14.5. The number of carboxylic acid groups (broad SMARTS) is 1. The lowest BCUT2D eigenvalue weighted by Gasteiger charge is -2.43. The largest absolute Gasteiger partial charge is 0.495 e. The number of carboxylic acids is 1. The van der Waals surface area contributed by atoms with Crippen molar-refractivity contribution in [2.24, 2.45) is 0 Å². The highest BCUT2D eigenvalue weighted by Crippen LogP contribution is 2.38. The predicted molar refractivity (Wildman–Crippen MR) is 175 cm³/mol. The first kappa shape index (κ1) is 29.3. The van der Waals surface area contributed by atoms with Crippen LogP contribution in [0.2, 0.25) is 0 Å². The molecule has 226 valence electrons. The van der Waals surface area contributed by atoms with Crippen molar-refractivity contribution in [3.8, 4) is 5.75 Å². The molecule has 0 spiro atoms. The highest BCUT2D eigenvalue weighted by Gasteiger charge is 2.38. The number of carbonyl (C=O) groups excluding carboxylic acids is 2. The van der Waals surface area contributed by atoms with Gasteiger partial charge in [0.15, 0.2) is 0 Å². The molecular formula is C36H32N4O5. The lowest BCUT2D eigenvalue weighted by atomic mass is 10.1. The molecule has 0 bridgehead atoms. The van der Waals surface area contributed by atoms with E-state index in [4.69, 9.17) is 4.74 Å². The lowest BCUT2D eigenvalue weighted by Crippen LogP contribution is -2.59. The number of methoxy groups -OCH3 is 1.